The molecule has 0 saturated heterocycles. The van der Waals surface area contributed by atoms with E-state index in [-0.39, 0.29) is 18.3 Å². The van der Waals surface area contributed by atoms with E-state index >= 15 is 0 Å². The number of ether oxygens (including phenoxy) is 2. The molecule has 0 aliphatic carbocycles. The Hall–Kier alpha value is -3.87. The molecule has 0 aromatic heterocycles. The molecule has 1 heterocycles. The number of hydrogen-bond donors (Lipinski definition) is 1. The molecule has 0 spiro atoms. The van der Waals surface area contributed by atoms with E-state index in [4.69, 9.17) is 9.47 Å². The van der Waals surface area contributed by atoms with E-state index in [1.54, 1.807) is 35.2 Å². The second-order valence-electron chi connectivity index (χ2n) is 8.16. The van der Waals surface area contributed by atoms with Crippen LogP contribution in [-0.4, -0.2) is 29.5 Å². The zero-order valence-electron chi connectivity index (χ0n) is 19.0. The van der Waals surface area contributed by atoms with Crippen molar-refractivity contribution in [3.8, 4) is 5.75 Å². The molecule has 176 valence electrons. The number of carbonyl (C=O) groups excluding carboxylic acids is 2. The van der Waals surface area contributed by atoms with Crippen LogP contribution in [0.2, 0.25) is 0 Å². The van der Waals surface area contributed by atoms with Crippen molar-refractivity contribution in [2.75, 3.05) is 11.9 Å². The lowest BCUT2D eigenvalue weighted by atomic mass is 10.1. The van der Waals surface area contributed by atoms with Gasteiger partial charge in [0.05, 0.1) is 0 Å². The van der Waals surface area contributed by atoms with Crippen LogP contribution in [0, 0.1) is 5.82 Å². The predicted octanol–water partition coefficient (Wildman–Crippen LogP) is 5.32. The summed E-state index contributed by atoms with van der Waals surface area (Å²) in [6.45, 7) is 2.90. The Labute approximate surface area is 198 Å². The highest BCUT2D eigenvalue weighted by molar-refractivity contribution is 5.85. The van der Waals surface area contributed by atoms with Crippen molar-refractivity contribution >= 4 is 17.7 Å². The first kappa shape index (κ1) is 23.3. The van der Waals surface area contributed by atoms with E-state index < -0.39 is 12.2 Å². The lowest BCUT2D eigenvalue weighted by molar-refractivity contribution is -0.138. The van der Waals surface area contributed by atoms with E-state index in [0.29, 0.717) is 37.4 Å². The molecular weight excluding hydrogens is 435 g/mol. The van der Waals surface area contributed by atoms with E-state index in [0.717, 1.165) is 16.7 Å². The van der Waals surface area contributed by atoms with Crippen molar-refractivity contribution in [1.29, 1.82) is 0 Å². The quantitative estimate of drug-likeness (QED) is 0.516. The van der Waals surface area contributed by atoms with Crippen LogP contribution in [0.1, 0.15) is 30.0 Å². The van der Waals surface area contributed by atoms with Gasteiger partial charge in [0, 0.05) is 24.3 Å². The number of rotatable bonds is 7. The van der Waals surface area contributed by atoms with E-state index in [2.05, 4.69) is 5.32 Å². The molecule has 7 heteroatoms. The molecule has 6 nitrogen and oxygen atoms in total. The first-order valence-electron chi connectivity index (χ1n) is 11.3. The lowest BCUT2D eigenvalue weighted by Crippen LogP contribution is -2.40. The van der Waals surface area contributed by atoms with Crippen LogP contribution < -0.4 is 10.1 Å². The van der Waals surface area contributed by atoms with Gasteiger partial charge in [0.1, 0.15) is 18.2 Å². The summed E-state index contributed by atoms with van der Waals surface area (Å²) in [5.74, 6) is 0.246. The summed E-state index contributed by atoms with van der Waals surface area (Å²) in [5.41, 5.74) is 3.20. The Morgan fingerprint density at radius 1 is 1.09 bits per heavy atom. The summed E-state index contributed by atoms with van der Waals surface area (Å²) in [6.07, 6.45) is -0.00304. The topological polar surface area (TPSA) is 67.9 Å². The van der Waals surface area contributed by atoms with Crippen LogP contribution in [0.5, 0.6) is 5.75 Å². The van der Waals surface area contributed by atoms with E-state index in [1.807, 2.05) is 37.3 Å². The Balaban J connectivity index is 1.44. The number of hydrogen-bond acceptors (Lipinski definition) is 4. The van der Waals surface area contributed by atoms with Gasteiger partial charge in [-0.2, -0.15) is 0 Å². The van der Waals surface area contributed by atoms with Gasteiger partial charge in [0.15, 0.2) is 6.10 Å². The Morgan fingerprint density at radius 2 is 1.85 bits per heavy atom. The monoisotopic (exact) mass is 462 g/mol. The number of nitrogens with one attached hydrogen (secondary N) is 1. The first-order valence-corrected chi connectivity index (χ1v) is 11.3. The number of nitrogens with zero attached hydrogens (tertiary/aromatic N) is 1. The third kappa shape index (κ3) is 5.92. The van der Waals surface area contributed by atoms with Gasteiger partial charge in [-0.15, -0.1) is 0 Å². The molecule has 0 saturated carbocycles. The van der Waals surface area contributed by atoms with Gasteiger partial charge in [-0.1, -0.05) is 49.4 Å². The summed E-state index contributed by atoms with van der Waals surface area (Å²) in [7, 11) is 0. The predicted molar refractivity (Wildman–Crippen MR) is 127 cm³/mol. The van der Waals surface area contributed by atoms with E-state index in [1.165, 1.54) is 12.1 Å². The molecule has 0 fully saturated rings. The molecule has 3 aromatic rings. The maximum Gasteiger partial charge on any atom is 0.411 e. The zero-order chi connectivity index (χ0) is 23.9. The van der Waals surface area contributed by atoms with Gasteiger partial charge in [-0.25, -0.2) is 9.18 Å². The lowest BCUT2D eigenvalue weighted by Gasteiger charge is -2.23. The standard InChI is InChI=1S/C27H27FN2O4/c1-2-24-26(31)30(15-14-19-8-10-22(28)11-9-19)17-21-16-23(12-13-25(21)34-24)29-27(32)33-18-20-6-4-3-5-7-20/h3-13,16,24H,2,14-15,17-18H2,1H3,(H,29,32)/t24-/m0/s1. The van der Waals surface area contributed by atoms with Crippen molar-refractivity contribution in [1.82, 2.24) is 4.90 Å². The zero-order valence-corrected chi connectivity index (χ0v) is 19.0. The first-order chi connectivity index (χ1) is 16.5. The molecule has 0 bridgehead atoms. The van der Waals surface area contributed by atoms with Crippen molar-refractivity contribution in [2.45, 2.75) is 39.0 Å². The minimum absolute atomic E-state index is 0.0856. The van der Waals surface area contributed by atoms with Crippen molar-refractivity contribution < 1.29 is 23.5 Å². The van der Waals surface area contributed by atoms with Gasteiger partial charge in [0.2, 0.25) is 0 Å². The molecule has 3 aromatic carbocycles. The van der Waals surface area contributed by atoms with E-state index in [9.17, 15) is 14.0 Å². The SMILES string of the molecule is CC[C@@H]1Oc2ccc(NC(=O)OCc3ccccc3)cc2CN(CCc2ccc(F)cc2)C1=O. The summed E-state index contributed by atoms with van der Waals surface area (Å²) in [4.78, 5) is 27.1. The molecular formula is C27H27FN2O4. The number of benzene rings is 3. The van der Waals surface area contributed by atoms with Crippen LogP contribution in [-0.2, 0) is 29.1 Å². The van der Waals surface area contributed by atoms with Crippen LogP contribution in [0.3, 0.4) is 0 Å². The number of carbonyl (C=O) groups is 2. The van der Waals surface area contributed by atoms with Crippen molar-refractivity contribution in [3.05, 3.63) is 95.3 Å². The van der Waals surface area contributed by atoms with Gasteiger partial charge in [-0.3, -0.25) is 10.1 Å². The molecule has 1 N–H and O–H groups in total. The van der Waals surface area contributed by atoms with Gasteiger partial charge in [0.25, 0.3) is 5.91 Å². The number of anilines is 1. The average molecular weight is 463 g/mol. The molecule has 0 unspecified atom stereocenters. The molecule has 34 heavy (non-hydrogen) atoms. The number of amides is 2. The van der Waals surface area contributed by atoms with Crippen LogP contribution >= 0.6 is 0 Å². The number of fused-ring (bicyclic) bond motifs is 1. The van der Waals surface area contributed by atoms with Crippen LogP contribution in [0.15, 0.2) is 72.8 Å². The maximum absolute atomic E-state index is 13.2. The molecule has 1 aliphatic heterocycles. The Kier molecular flexibility index (Phi) is 7.42. The molecule has 1 atom stereocenters. The largest absolute Gasteiger partial charge is 0.480 e. The van der Waals surface area contributed by atoms with Gasteiger partial charge < -0.3 is 14.4 Å². The second kappa shape index (κ2) is 10.8. The Bertz CT molecular complexity index is 1140. The fraction of sp³-hybridized carbons (Fsp3) is 0.259. The highest BCUT2D eigenvalue weighted by Crippen LogP contribution is 2.29. The molecule has 0 radical (unpaired) electrons. The summed E-state index contributed by atoms with van der Waals surface area (Å²) < 4.78 is 24.5. The van der Waals surface area contributed by atoms with Crippen LogP contribution in [0.4, 0.5) is 14.9 Å². The molecule has 4 rings (SSSR count). The summed E-state index contributed by atoms with van der Waals surface area (Å²) in [6, 6.07) is 21.0. The minimum atomic E-state index is -0.580. The summed E-state index contributed by atoms with van der Waals surface area (Å²) >= 11 is 0. The Morgan fingerprint density at radius 3 is 2.59 bits per heavy atom. The molecule has 2 amide bonds. The maximum atomic E-state index is 13.2. The number of halogens is 1. The smallest absolute Gasteiger partial charge is 0.411 e. The third-order valence-corrected chi connectivity index (χ3v) is 5.69. The fourth-order valence-corrected chi connectivity index (χ4v) is 3.83. The highest BCUT2D eigenvalue weighted by atomic mass is 19.1. The van der Waals surface area contributed by atoms with Crippen molar-refractivity contribution in [2.24, 2.45) is 0 Å². The van der Waals surface area contributed by atoms with Crippen molar-refractivity contribution in [3.63, 3.8) is 0 Å². The van der Waals surface area contributed by atoms with Gasteiger partial charge >= 0.3 is 6.09 Å². The second-order valence-corrected chi connectivity index (χ2v) is 8.16. The third-order valence-electron chi connectivity index (χ3n) is 5.69. The highest BCUT2D eigenvalue weighted by Gasteiger charge is 2.29. The minimum Gasteiger partial charge on any atom is -0.480 e. The van der Waals surface area contributed by atoms with Crippen LogP contribution in [0.25, 0.3) is 0 Å². The fourth-order valence-electron chi connectivity index (χ4n) is 3.83. The normalized spacial score (nSPS) is 15.2. The average Bonchev–Trinajstić information content (AvgIpc) is 2.99. The summed E-state index contributed by atoms with van der Waals surface area (Å²) in [5, 5.41) is 2.74. The molecule has 1 aliphatic rings. The van der Waals surface area contributed by atoms with Gasteiger partial charge in [-0.05, 0) is 54.3 Å².